The monoisotopic (exact) mass is 376 g/mol. The number of halogens is 1. The first-order valence-corrected chi connectivity index (χ1v) is 8.67. The lowest BCUT2D eigenvalue weighted by Gasteiger charge is -2.32. The Morgan fingerprint density at radius 2 is 2.09 bits per heavy atom. The molecule has 1 aromatic carbocycles. The number of likely N-dealkylation sites (tertiary alicyclic amines) is 1. The lowest BCUT2D eigenvalue weighted by Crippen LogP contribution is -2.47. The van der Waals surface area contributed by atoms with Gasteiger partial charge in [-0.15, -0.1) is 0 Å². The molecule has 0 saturated carbocycles. The summed E-state index contributed by atoms with van der Waals surface area (Å²) in [6.07, 6.45) is 2.15. The van der Waals surface area contributed by atoms with Gasteiger partial charge in [0.2, 0.25) is 0 Å². The highest BCUT2D eigenvalue weighted by atomic mass is 79.9. The first kappa shape index (κ1) is 16.2. The third-order valence-corrected chi connectivity index (χ3v) is 4.82. The predicted octanol–water partition coefficient (Wildman–Crippen LogP) is 2.77. The molecule has 6 heteroatoms. The number of carbonyl (C=O) groups is 1. The number of carbonyl (C=O) groups excluding carboxylic acids is 1. The molecule has 1 aliphatic rings. The van der Waals surface area contributed by atoms with Crippen LogP contribution in [-0.4, -0.2) is 46.8 Å². The molecule has 1 atom stereocenters. The maximum atomic E-state index is 12.7. The lowest BCUT2D eigenvalue weighted by atomic mass is 10.1. The minimum Gasteiger partial charge on any atom is -0.336 e. The van der Waals surface area contributed by atoms with E-state index in [4.69, 9.17) is 0 Å². The van der Waals surface area contributed by atoms with Gasteiger partial charge in [-0.3, -0.25) is 4.79 Å². The molecule has 1 N–H and O–H groups in total. The standard InChI is InChI=1S/C17H21BrN4O/c1-12-10-16(17(23)21-9-3-4-14(11-21)19-2)20-22(12)15-7-5-13(18)6-8-15/h5-8,10,14,19H,3-4,9,11H2,1-2H3. The van der Waals surface area contributed by atoms with Crippen molar-refractivity contribution >= 4 is 21.8 Å². The van der Waals surface area contributed by atoms with Gasteiger partial charge in [0.15, 0.2) is 5.69 Å². The molecule has 1 amide bonds. The van der Waals surface area contributed by atoms with E-state index in [2.05, 4.69) is 26.3 Å². The van der Waals surface area contributed by atoms with E-state index >= 15 is 0 Å². The van der Waals surface area contributed by atoms with Gasteiger partial charge in [0.05, 0.1) is 5.69 Å². The van der Waals surface area contributed by atoms with Crippen LogP contribution in [0.4, 0.5) is 0 Å². The molecule has 3 rings (SSSR count). The molecule has 122 valence electrons. The van der Waals surface area contributed by atoms with Gasteiger partial charge in [-0.1, -0.05) is 15.9 Å². The molecule has 0 spiro atoms. The fourth-order valence-corrected chi connectivity index (χ4v) is 3.25. The largest absolute Gasteiger partial charge is 0.336 e. The SMILES string of the molecule is CNC1CCCN(C(=O)c2cc(C)n(-c3ccc(Br)cc3)n2)C1. The van der Waals surface area contributed by atoms with Crippen LogP contribution >= 0.6 is 15.9 Å². The summed E-state index contributed by atoms with van der Waals surface area (Å²) in [5.41, 5.74) is 2.43. The topological polar surface area (TPSA) is 50.2 Å². The highest BCUT2D eigenvalue weighted by molar-refractivity contribution is 9.10. The average Bonchev–Trinajstić information content (AvgIpc) is 2.97. The summed E-state index contributed by atoms with van der Waals surface area (Å²) < 4.78 is 2.84. The van der Waals surface area contributed by atoms with Crippen LogP contribution in [0.3, 0.4) is 0 Å². The van der Waals surface area contributed by atoms with E-state index < -0.39 is 0 Å². The highest BCUT2D eigenvalue weighted by Crippen LogP contribution is 2.18. The normalized spacial score (nSPS) is 18.2. The Morgan fingerprint density at radius 3 is 2.78 bits per heavy atom. The minimum atomic E-state index is 0.0175. The van der Waals surface area contributed by atoms with Gasteiger partial charge in [0, 0.05) is 29.3 Å². The summed E-state index contributed by atoms with van der Waals surface area (Å²) in [5, 5.41) is 7.79. The van der Waals surface area contributed by atoms with E-state index in [0.29, 0.717) is 11.7 Å². The molecule has 0 bridgehead atoms. The fraction of sp³-hybridized carbons (Fsp3) is 0.412. The van der Waals surface area contributed by atoms with E-state index in [0.717, 1.165) is 41.8 Å². The Kier molecular flexibility index (Phi) is 4.82. The molecule has 0 aliphatic carbocycles. The Labute approximate surface area is 144 Å². The van der Waals surface area contributed by atoms with Gasteiger partial charge < -0.3 is 10.2 Å². The van der Waals surface area contributed by atoms with Crippen molar-refractivity contribution in [1.29, 1.82) is 0 Å². The molecule has 1 aromatic heterocycles. The Bertz CT molecular complexity index is 695. The van der Waals surface area contributed by atoms with Crippen LogP contribution < -0.4 is 5.32 Å². The first-order valence-electron chi connectivity index (χ1n) is 7.87. The third-order valence-electron chi connectivity index (χ3n) is 4.29. The molecule has 1 fully saturated rings. The summed E-state index contributed by atoms with van der Waals surface area (Å²) in [6.45, 7) is 3.53. The first-order chi connectivity index (χ1) is 11.1. The summed E-state index contributed by atoms with van der Waals surface area (Å²) in [5.74, 6) is 0.0175. The van der Waals surface area contributed by atoms with Crippen LogP contribution in [0.5, 0.6) is 0 Å². The van der Waals surface area contributed by atoms with E-state index in [1.54, 1.807) is 0 Å². The Morgan fingerprint density at radius 1 is 1.35 bits per heavy atom. The smallest absolute Gasteiger partial charge is 0.274 e. The number of piperidine rings is 1. The van der Waals surface area contributed by atoms with Crippen LogP contribution in [0.25, 0.3) is 5.69 Å². The number of aromatic nitrogens is 2. The number of nitrogens with one attached hydrogen (secondary N) is 1. The van der Waals surface area contributed by atoms with Gasteiger partial charge in [0.25, 0.3) is 5.91 Å². The van der Waals surface area contributed by atoms with Crippen LogP contribution in [-0.2, 0) is 0 Å². The molecule has 1 saturated heterocycles. The van der Waals surface area contributed by atoms with E-state index in [1.165, 1.54) is 0 Å². The number of amides is 1. The van der Waals surface area contributed by atoms with Gasteiger partial charge in [-0.25, -0.2) is 4.68 Å². The number of hydrogen-bond acceptors (Lipinski definition) is 3. The number of benzene rings is 1. The van der Waals surface area contributed by atoms with Crippen LogP contribution in [0.1, 0.15) is 29.0 Å². The predicted molar refractivity (Wildman–Crippen MR) is 94.0 cm³/mol. The van der Waals surface area contributed by atoms with Gasteiger partial charge in [0.1, 0.15) is 0 Å². The van der Waals surface area contributed by atoms with Crippen molar-refractivity contribution in [3.63, 3.8) is 0 Å². The average molecular weight is 377 g/mol. The van der Waals surface area contributed by atoms with Crippen molar-refractivity contribution < 1.29 is 4.79 Å². The van der Waals surface area contributed by atoms with Crippen molar-refractivity contribution in [2.24, 2.45) is 0 Å². The van der Waals surface area contributed by atoms with Gasteiger partial charge in [-0.05, 0) is 57.1 Å². The molecule has 1 unspecified atom stereocenters. The Hall–Kier alpha value is -1.66. The molecule has 23 heavy (non-hydrogen) atoms. The molecule has 5 nitrogen and oxygen atoms in total. The number of nitrogens with zero attached hydrogens (tertiary/aromatic N) is 3. The van der Waals surface area contributed by atoms with E-state index in [1.807, 2.05) is 53.9 Å². The minimum absolute atomic E-state index is 0.0175. The van der Waals surface area contributed by atoms with Crippen LogP contribution in [0, 0.1) is 6.92 Å². The molecule has 0 radical (unpaired) electrons. The van der Waals surface area contributed by atoms with E-state index in [-0.39, 0.29) is 5.91 Å². The number of likely N-dealkylation sites (N-methyl/N-ethyl adjacent to an activating group) is 1. The zero-order valence-electron chi connectivity index (χ0n) is 13.4. The van der Waals surface area contributed by atoms with Gasteiger partial charge in [-0.2, -0.15) is 5.10 Å². The van der Waals surface area contributed by atoms with Crippen molar-refractivity contribution in [2.75, 3.05) is 20.1 Å². The molecule has 2 aromatic rings. The second-order valence-corrected chi connectivity index (χ2v) is 6.85. The zero-order valence-corrected chi connectivity index (χ0v) is 15.0. The summed E-state index contributed by atoms with van der Waals surface area (Å²) >= 11 is 3.43. The highest BCUT2D eigenvalue weighted by Gasteiger charge is 2.25. The van der Waals surface area contributed by atoms with Crippen LogP contribution in [0.2, 0.25) is 0 Å². The number of rotatable bonds is 3. The second kappa shape index (κ2) is 6.84. The van der Waals surface area contributed by atoms with Crippen molar-refractivity contribution in [1.82, 2.24) is 20.0 Å². The van der Waals surface area contributed by atoms with Crippen molar-refractivity contribution in [2.45, 2.75) is 25.8 Å². The maximum absolute atomic E-state index is 12.7. The molecular weight excluding hydrogens is 356 g/mol. The van der Waals surface area contributed by atoms with Crippen molar-refractivity contribution in [3.8, 4) is 5.69 Å². The van der Waals surface area contributed by atoms with E-state index in [9.17, 15) is 4.79 Å². The number of hydrogen-bond donors (Lipinski definition) is 1. The lowest BCUT2D eigenvalue weighted by molar-refractivity contribution is 0.0691. The maximum Gasteiger partial charge on any atom is 0.274 e. The zero-order chi connectivity index (χ0) is 16.4. The molecule has 1 aliphatic heterocycles. The molecular formula is C17H21BrN4O. The van der Waals surface area contributed by atoms with Gasteiger partial charge >= 0.3 is 0 Å². The summed E-state index contributed by atoms with van der Waals surface area (Å²) in [6, 6.07) is 10.2. The van der Waals surface area contributed by atoms with Crippen molar-refractivity contribution in [3.05, 3.63) is 46.2 Å². The summed E-state index contributed by atoms with van der Waals surface area (Å²) in [7, 11) is 1.95. The second-order valence-electron chi connectivity index (χ2n) is 5.94. The van der Waals surface area contributed by atoms with Crippen LogP contribution in [0.15, 0.2) is 34.8 Å². The molecule has 2 heterocycles. The Balaban J connectivity index is 1.82. The third kappa shape index (κ3) is 3.48. The quantitative estimate of drug-likeness (QED) is 0.895. The summed E-state index contributed by atoms with van der Waals surface area (Å²) in [4.78, 5) is 14.6. The number of aryl methyl sites for hydroxylation is 1. The fourth-order valence-electron chi connectivity index (χ4n) is 2.98.